The van der Waals surface area contributed by atoms with E-state index in [0.29, 0.717) is 45.7 Å². The van der Waals surface area contributed by atoms with Gasteiger partial charge in [-0.25, -0.2) is 0 Å². The van der Waals surface area contributed by atoms with Gasteiger partial charge in [0, 0.05) is 35.6 Å². The number of carbonyl (C=O) groups excluding carboxylic acids is 2. The van der Waals surface area contributed by atoms with E-state index in [4.69, 9.17) is 32.7 Å². The van der Waals surface area contributed by atoms with Gasteiger partial charge in [0.15, 0.2) is 17.3 Å². The van der Waals surface area contributed by atoms with E-state index in [-0.39, 0.29) is 36.1 Å². The molecule has 1 aliphatic carbocycles. The number of benzene rings is 2. The molecule has 7 heteroatoms. The third-order valence-electron chi connectivity index (χ3n) is 5.91. The zero-order chi connectivity index (χ0) is 23.0. The Kier molecular flexibility index (Phi) is 6.50. The molecule has 0 fully saturated rings. The quantitative estimate of drug-likeness (QED) is 0.596. The minimum atomic E-state index is -0.384. The van der Waals surface area contributed by atoms with Crippen LogP contribution in [0.5, 0.6) is 11.5 Å². The number of rotatable bonds is 5. The van der Waals surface area contributed by atoms with Gasteiger partial charge in [-0.2, -0.15) is 0 Å². The normalized spacial score (nSPS) is 20.8. The minimum Gasteiger partial charge on any atom is -0.493 e. The first-order chi connectivity index (χ1) is 15.3. The molecule has 0 radical (unpaired) electrons. The Morgan fingerprint density at radius 3 is 2.50 bits per heavy atom. The number of ketones is 1. The molecule has 0 spiro atoms. The number of methoxy groups -OCH3 is 1. The summed E-state index contributed by atoms with van der Waals surface area (Å²) in [5, 5.41) is 3.88. The van der Waals surface area contributed by atoms with Gasteiger partial charge >= 0.3 is 0 Å². The van der Waals surface area contributed by atoms with Gasteiger partial charge in [0.1, 0.15) is 0 Å². The fraction of sp³-hybridized carbons (Fsp3) is 0.360. The average Bonchev–Trinajstić information content (AvgIpc) is 2.74. The number of nitrogens with one attached hydrogen (secondary N) is 1. The Morgan fingerprint density at radius 2 is 1.81 bits per heavy atom. The van der Waals surface area contributed by atoms with Gasteiger partial charge in [-0.15, -0.1) is 0 Å². The van der Waals surface area contributed by atoms with Crippen LogP contribution in [0.1, 0.15) is 56.1 Å². The molecule has 5 nitrogen and oxygen atoms in total. The molecule has 2 atom stereocenters. The maximum atomic E-state index is 13.4. The van der Waals surface area contributed by atoms with Crippen molar-refractivity contribution in [3.8, 4) is 11.5 Å². The number of Topliss-reactive ketones (excluding diaryl/α,β-unsaturated/α-hetero) is 1. The van der Waals surface area contributed by atoms with Crippen LogP contribution in [-0.2, 0) is 9.59 Å². The van der Waals surface area contributed by atoms with Crippen LogP contribution in [0, 0.1) is 0 Å². The van der Waals surface area contributed by atoms with Gasteiger partial charge in [0.2, 0.25) is 5.91 Å². The van der Waals surface area contributed by atoms with Crippen LogP contribution in [-0.4, -0.2) is 24.9 Å². The maximum Gasteiger partial charge on any atom is 0.225 e. The molecule has 1 amide bonds. The molecular formula is C25H25Cl2NO4. The first-order valence-corrected chi connectivity index (χ1v) is 11.4. The fourth-order valence-corrected chi connectivity index (χ4v) is 4.86. The van der Waals surface area contributed by atoms with E-state index in [1.54, 1.807) is 19.2 Å². The SMILES string of the molecule is COc1cccc(C2CC(=O)NC3=C2C(=O)CC(c2ccc(Cl)c(Cl)c2)C3)c1OC(C)C. The lowest BCUT2D eigenvalue weighted by Gasteiger charge is -2.35. The molecule has 2 aromatic rings. The first-order valence-electron chi connectivity index (χ1n) is 10.6. The van der Waals surface area contributed by atoms with Crippen LogP contribution < -0.4 is 14.8 Å². The average molecular weight is 474 g/mol. The Morgan fingerprint density at radius 1 is 1.03 bits per heavy atom. The molecule has 168 valence electrons. The highest BCUT2D eigenvalue weighted by Gasteiger charge is 2.39. The zero-order valence-corrected chi connectivity index (χ0v) is 19.7. The molecule has 0 saturated carbocycles. The summed E-state index contributed by atoms with van der Waals surface area (Å²) in [6.45, 7) is 3.87. The summed E-state index contributed by atoms with van der Waals surface area (Å²) in [5.74, 6) is 0.606. The lowest BCUT2D eigenvalue weighted by Crippen LogP contribution is -2.38. The molecule has 4 rings (SSSR count). The van der Waals surface area contributed by atoms with Crippen molar-refractivity contribution in [3.05, 3.63) is 68.8 Å². The predicted molar refractivity (Wildman–Crippen MR) is 125 cm³/mol. The Hall–Kier alpha value is -2.50. The van der Waals surface area contributed by atoms with Crippen LogP contribution in [0.3, 0.4) is 0 Å². The van der Waals surface area contributed by atoms with Crippen molar-refractivity contribution in [2.45, 2.75) is 51.0 Å². The number of hydrogen-bond acceptors (Lipinski definition) is 4. The summed E-state index contributed by atoms with van der Waals surface area (Å²) >= 11 is 12.2. The maximum absolute atomic E-state index is 13.4. The highest BCUT2D eigenvalue weighted by atomic mass is 35.5. The molecule has 1 aliphatic heterocycles. The standard InChI is InChI=1S/C25H25Cl2NO4/c1-13(2)32-25-16(5-4-6-22(25)31-3)17-12-23(30)28-20-10-15(11-21(29)24(17)20)14-7-8-18(26)19(27)9-14/h4-9,13,15,17H,10-12H2,1-3H3,(H,28,30). The van der Waals surface area contributed by atoms with Gasteiger partial charge in [-0.05, 0) is 49.9 Å². The summed E-state index contributed by atoms with van der Waals surface area (Å²) in [7, 11) is 1.58. The number of ether oxygens (including phenoxy) is 2. The summed E-state index contributed by atoms with van der Waals surface area (Å²) in [5.41, 5.74) is 3.06. The lowest BCUT2D eigenvalue weighted by molar-refractivity contribution is -0.122. The number of para-hydroxylation sites is 1. The number of allylic oxidation sites excluding steroid dienone is 2. The summed E-state index contributed by atoms with van der Waals surface area (Å²) in [6, 6.07) is 11.0. The number of carbonyl (C=O) groups is 2. The van der Waals surface area contributed by atoms with E-state index in [1.807, 2.05) is 38.1 Å². The lowest BCUT2D eigenvalue weighted by atomic mass is 9.73. The summed E-state index contributed by atoms with van der Waals surface area (Å²) in [6.07, 6.45) is 0.986. The van der Waals surface area contributed by atoms with Crippen LogP contribution in [0.15, 0.2) is 47.7 Å². The highest BCUT2D eigenvalue weighted by Crippen LogP contribution is 2.47. The van der Waals surface area contributed by atoms with Crippen LogP contribution >= 0.6 is 23.2 Å². The molecule has 1 heterocycles. The fourth-order valence-electron chi connectivity index (χ4n) is 4.56. The molecule has 0 bridgehead atoms. The van der Waals surface area contributed by atoms with Gasteiger partial charge < -0.3 is 14.8 Å². The van der Waals surface area contributed by atoms with E-state index in [1.165, 1.54) is 0 Å². The third-order valence-corrected chi connectivity index (χ3v) is 6.65. The van der Waals surface area contributed by atoms with Crippen molar-refractivity contribution in [1.82, 2.24) is 5.32 Å². The van der Waals surface area contributed by atoms with Crippen molar-refractivity contribution < 1.29 is 19.1 Å². The van der Waals surface area contributed by atoms with Crippen LogP contribution in [0.2, 0.25) is 10.0 Å². The van der Waals surface area contributed by atoms with E-state index in [2.05, 4.69) is 5.32 Å². The summed E-state index contributed by atoms with van der Waals surface area (Å²) < 4.78 is 11.6. The largest absolute Gasteiger partial charge is 0.493 e. The highest BCUT2D eigenvalue weighted by molar-refractivity contribution is 6.42. The Bertz CT molecular complexity index is 1110. The van der Waals surface area contributed by atoms with Crippen molar-refractivity contribution in [1.29, 1.82) is 0 Å². The second-order valence-electron chi connectivity index (χ2n) is 8.44. The number of hydrogen-bond donors (Lipinski definition) is 1. The zero-order valence-electron chi connectivity index (χ0n) is 18.2. The van der Waals surface area contributed by atoms with Crippen molar-refractivity contribution in [2.24, 2.45) is 0 Å². The third kappa shape index (κ3) is 4.37. The van der Waals surface area contributed by atoms with Crippen LogP contribution in [0.25, 0.3) is 0 Å². The van der Waals surface area contributed by atoms with E-state index >= 15 is 0 Å². The minimum absolute atomic E-state index is 0.0191. The van der Waals surface area contributed by atoms with E-state index in [9.17, 15) is 9.59 Å². The topological polar surface area (TPSA) is 64.6 Å². The second-order valence-corrected chi connectivity index (χ2v) is 9.26. The summed E-state index contributed by atoms with van der Waals surface area (Å²) in [4.78, 5) is 26.1. The van der Waals surface area contributed by atoms with Crippen LogP contribution in [0.4, 0.5) is 0 Å². The smallest absolute Gasteiger partial charge is 0.225 e. The first kappa shape index (κ1) is 22.7. The molecule has 0 saturated heterocycles. The molecule has 32 heavy (non-hydrogen) atoms. The molecule has 2 aromatic carbocycles. The van der Waals surface area contributed by atoms with Gasteiger partial charge in [0.05, 0.1) is 23.3 Å². The predicted octanol–water partition coefficient (Wildman–Crippen LogP) is 5.79. The molecule has 0 aromatic heterocycles. The number of halogens is 2. The second kappa shape index (κ2) is 9.16. The van der Waals surface area contributed by atoms with E-state index < -0.39 is 0 Å². The van der Waals surface area contributed by atoms with E-state index in [0.717, 1.165) is 11.1 Å². The van der Waals surface area contributed by atoms with Gasteiger partial charge in [0.25, 0.3) is 0 Å². The van der Waals surface area contributed by atoms with Crippen molar-refractivity contribution >= 4 is 34.9 Å². The molecule has 1 N–H and O–H groups in total. The molecule has 2 unspecified atom stereocenters. The Balaban J connectivity index is 1.76. The van der Waals surface area contributed by atoms with Crippen molar-refractivity contribution in [3.63, 3.8) is 0 Å². The monoisotopic (exact) mass is 473 g/mol. The van der Waals surface area contributed by atoms with Crippen molar-refractivity contribution in [2.75, 3.05) is 7.11 Å². The molecular weight excluding hydrogens is 449 g/mol. The van der Waals surface area contributed by atoms with Gasteiger partial charge in [-0.3, -0.25) is 9.59 Å². The molecule has 2 aliphatic rings. The Labute approximate surface area is 197 Å². The number of amides is 1. The van der Waals surface area contributed by atoms with Gasteiger partial charge in [-0.1, -0.05) is 41.4 Å².